The summed E-state index contributed by atoms with van der Waals surface area (Å²) in [6.07, 6.45) is -4.97. The molecule has 0 heterocycles. The molecule has 1 amide bonds. The van der Waals surface area contributed by atoms with Gasteiger partial charge in [0.2, 0.25) is 0 Å². The number of halogens is 3. The van der Waals surface area contributed by atoms with E-state index in [1.807, 2.05) is 19.9 Å². The van der Waals surface area contributed by atoms with Gasteiger partial charge in [0, 0.05) is 5.69 Å². The second-order valence-corrected chi connectivity index (χ2v) is 4.48. The largest absolute Gasteiger partial charge is 0.492 e. The molecular weight excluding hydrogens is 273 g/mol. The van der Waals surface area contributed by atoms with Gasteiger partial charge in [-0.1, -0.05) is 13.8 Å². The summed E-state index contributed by atoms with van der Waals surface area (Å²) in [4.78, 5) is 10.8. The Hall–Kier alpha value is -2.23. The number of nitriles is 1. The number of benzene rings is 1. The molecule has 0 saturated heterocycles. The van der Waals surface area contributed by atoms with E-state index in [2.05, 4.69) is 0 Å². The first-order chi connectivity index (χ1) is 9.24. The highest BCUT2D eigenvalue weighted by Gasteiger charge is 2.38. The van der Waals surface area contributed by atoms with Gasteiger partial charge >= 0.3 is 12.1 Å². The molecule has 0 radical (unpaired) electrons. The standard InChI is InChI=1S/C13H13F3N2O2/c1-8(2)7-20-11-4-3-10(5-9(11)6-17)18-12(19)13(14,15)16/h3-5,8H,7H2,1-2H3,(H,18,19). The minimum atomic E-state index is -4.97. The Morgan fingerprint density at radius 3 is 2.60 bits per heavy atom. The topological polar surface area (TPSA) is 62.1 Å². The highest BCUT2D eigenvalue weighted by Crippen LogP contribution is 2.24. The highest BCUT2D eigenvalue weighted by molar-refractivity contribution is 5.95. The first-order valence-corrected chi connectivity index (χ1v) is 5.79. The van der Waals surface area contributed by atoms with Crippen LogP contribution in [0.4, 0.5) is 18.9 Å². The number of amides is 1. The molecule has 0 fully saturated rings. The molecule has 1 aromatic rings. The molecule has 0 aliphatic heterocycles. The second kappa shape index (κ2) is 6.28. The van der Waals surface area contributed by atoms with Gasteiger partial charge < -0.3 is 10.1 Å². The van der Waals surface area contributed by atoms with Crippen molar-refractivity contribution >= 4 is 11.6 Å². The molecule has 4 nitrogen and oxygen atoms in total. The van der Waals surface area contributed by atoms with Crippen molar-refractivity contribution in [3.8, 4) is 11.8 Å². The molecule has 0 aromatic heterocycles. The van der Waals surface area contributed by atoms with Crippen molar-refractivity contribution in [2.24, 2.45) is 5.92 Å². The second-order valence-electron chi connectivity index (χ2n) is 4.48. The van der Waals surface area contributed by atoms with Crippen LogP contribution in [0.3, 0.4) is 0 Å². The number of carbonyl (C=O) groups excluding carboxylic acids is 1. The van der Waals surface area contributed by atoms with Crippen molar-refractivity contribution in [3.05, 3.63) is 23.8 Å². The lowest BCUT2D eigenvalue weighted by molar-refractivity contribution is -0.167. The van der Waals surface area contributed by atoms with E-state index >= 15 is 0 Å². The van der Waals surface area contributed by atoms with Crippen molar-refractivity contribution in [1.29, 1.82) is 5.26 Å². The van der Waals surface area contributed by atoms with Crippen LogP contribution in [0.25, 0.3) is 0 Å². The number of ether oxygens (including phenoxy) is 1. The van der Waals surface area contributed by atoms with Crippen LogP contribution < -0.4 is 10.1 Å². The Balaban J connectivity index is 2.88. The average Bonchev–Trinajstić information content (AvgIpc) is 2.35. The van der Waals surface area contributed by atoms with Crippen LogP contribution in [0, 0.1) is 17.2 Å². The summed E-state index contributed by atoms with van der Waals surface area (Å²) in [6, 6.07) is 5.56. The zero-order valence-electron chi connectivity index (χ0n) is 10.9. The molecule has 108 valence electrons. The summed E-state index contributed by atoms with van der Waals surface area (Å²) in [5.74, 6) is -1.57. The van der Waals surface area contributed by atoms with Crippen LogP contribution in [0.15, 0.2) is 18.2 Å². The van der Waals surface area contributed by atoms with Crippen LogP contribution in [0.1, 0.15) is 19.4 Å². The lowest BCUT2D eigenvalue weighted by Gasteiger charge is -2.12. The number of anilines is 1. The SMILES string of the molecule is CC(C)COc1ccc(NC(=O)C(F)(F)F)cc1C#N. The number of hydrogen-bond donors (Lipinski definition) is 1. The van der Waals surface area contributed by atoms with Crippen LogP contribution in [0.2, 0.25) is 0 Å². The van der Waals surface area contributed by atoms with Crippen LogP contribution >= 0.6 is 0 Å². The molecule has 0 spiro atoms. The Morgan fingerprint density at radius 2 is 2.10 bits per heavy atom. The van der Waals surface area contributed by atoms with Crippen molar-refractivity contribution in [2.45, 2.75) is 20.0 Å². The maximum absolute atomic E-state index is 12.1. The monoisotopic (exact) mass is 286 g/mol. The smallest absolute Gasteiger partial charge is 0.471 e. The summed E-state index contributed by atoms with van der Waals surface area (Å²) < 4.78 is 41.7. The van der Waals surface area contributed by atoms with Crippen LogP contribution in [-0.4, -0.2) is 18.7 Å². The highest BCUT2D eigenvalue weighted by atomic mass is 19.4. The van der Waals surface area contributed by atoms with Gasteiger partial charge in [0.1, 0.15) is 11.8 Å². The van der Waals surface area contributed by atoms with E-state index in [9.17, 15) is 18.0 Å². The predicted molar refractivity (Wildman–Crippen MR) is 66.2 cm³/mol. The molecule has 0 atom stereocenters. The van der Waals surface area contributed by atoms with E-state index in [-0.39, 0.29) is 22.9 Å². The average molecular weight is 286 g/mol. The number of nitrogens with one attached hydrogen (secondary N) is 1. The zero-order chi connectivity index (χ0) is 15.3. The van der Waals surface area contributed by atoms with Gasteiger partial charge in [0.05, 0.1) is 12.2 Å². The summed E-state index contributed by atoms with van der Waals surface area (Å²) in [6.45, 7) is 4.22. The summed E-state index contributed by atoms with van der Waals surface area (Å²) in [5.41, 5.74) is -0.0496. The van der Waals surface area contributed by atoms with Crippen LogP contribution in [0.5, 0.6) is 5.75 Å². The Bertz CT molecular complexity index is 533. The molecular formula is C13H13F3N2O2. The minimum absolute atomic E-state index is 0.0608. The summed E-state index contributed by atoms with van der Waals surface area (Å²) >= 11 is 0. The molecule has 0 aliphatic carbocycles. The maximum Gasteiger partial charge on any atom is 0.471 e. The molecule has 1 rings (SSSR count). The fourth-order valence-electron chi connectivity index (χ4n) is 1.28. The molecule has 0 saturated carbocycles. The van der Waals surface area contributed by atoms with Gasteiger partial charge in [-0.05, 0) is 24.1 Å². The van der Waals surface area contributed by atoms with E-state index in [4.69, 9.17) is 10.00 Å². The number of rotatable bonds is 4. The normalized spacial score (nSPS) is 11.1. The summed E-state index contributed by atoms with van der Waals surface area (Å²) in [7, 11) is 0. The molecule has 1 aromatic carbocycles. The summed E-state index contributed by atoms with van der Waals surface area (Å²) in [5, 5.41) is 10.6. The van der Waals surface area contributed by atoms with Crippen molar-refractivity contribution < 1.29 is 22.7 Å². The van der Waals surface area contributed by atoms with E-state index < -0.39 is 12.1 Å². The van der Waals surface area contributed by atoms with Gasteiger partial charge in [0.15, 0.2) is 0 Å². The number of alkyl halides is 3. The molecule has 1 N–H and O–H groups in total. The maximum atomic E-state index is 12.1. The quantitative estimate of drug-likeness (QED) is 0.925. The van der Waals surface area contributed by atoms with Crippen molar-refractivity contribution in [2.75, 3.05) is 11.9 Å². The van der Waals surface area contributed by atoms with Gasteiger partial charge in [-0.3, -0.25) is 4.79 Å². The molecule has 0 bridgehead atoms. The first-order valence-electron chi connectivity index (χ1n) is 5.79. The number of nitrogens with zero attached hydrogens (tertiary/aromatic N) is 1. The molecule has 0 unspecified atom stereocenters. The molecule has 0 aliphatic rings. The molecule has 7 heteroatoms. The van der Waals surface area contributed by atoms with Crippen molar-refractivity contribution in [3.63, 3.8) is 0 Å². The third-order valence-corrected chi connectivity index (χ3v) is 2.19. The molecule has 20 heavy (non-hydrogen) atoms. The fourth-order valence-corrected chi connectivity index (χ4v) is 1.28. The predicted octanol–water partition coefficient (Wildman–Crippen LogP) is 3.09. The van der Waals surface area contributed by atoms with E-state index in [0.29, 0.717) is 6.61 Å². The Labute approximate surface area is 114 Å². The lowest BCUT2D eigenvalue weighted by atomic mass is 10.2. The number of hydrogen-bond acceptors (Lipinski definition) is 3. The third kappa shape index (κ3) is 4.46. The van der Waals surface area contributed by atoms with Gasteiger partial charge in [0.25, 0.3) is 0 Å². The van der Waals surface area contributed by atoms with E-state index in [1.54, 1.807) is 5.32 Å². The van der Waals surface area contributed by atoms with Crippen LogP contribution in [-0.2, 0) is 4.79 Å². The van der Waals surface area contributed by atoms with E-state index in [0.717, 1.165) is 6.07 Å². The lowest BCUT2D eigenvalue weighted by Crippen LogP contribution is -2.29. The Morgan fingerprint density at radius 1 is 1.45 bits per heavy atom. The third-order valence-electron chi connectivity index (χ3n) is 2.19. The zero-order valence-corrected chi connectivity index (χ0v) is 10.9. The van der Waals surface area contributed by atoms with Crippen molar-refractivity contribution in [1.82, 2.24) is 0 Å². The fraction of sp³-hybridized carbons (Fsp3) is 0.385. The first kappa shape index (κ1) is 15.8. The van der Waals surface area contributed by atoms with Gasteiger partial charge in [-0.15, -0.1) is 0 Å². The Kier molecular flexibility index (Phi) is 4.97. The van der Waals surface area contributed by atoms with Gasteiger partial charge in [-0.25, -0.2) is 0 Å². The van der Waals surface area contributed by atoms with Gasteiger partial charge in [-0.2, -0.15) is 18.4 Å². The van der Waals surface area contributed by atoms with E-state index in [1.165, 1.54) is 12.1 Å². The number of carbonyl (C=O) groups is 1. The minimum Gasteiger partial charge on any atom is -0.492 e.